The number of aliphatic hydroxyl groups is 1. The number of hydrogen-bond donors (Lipinski definition) is 3. The van der Waals surface area contributed by atoms with Crippen LogP contribution in [0.15, 0.2) is 0 Å². The van der Waals surface area contributed by atoms with Crippen molar-refractivity contribution < 1.29 is 156 Å². The van der Waals surface area contributed by atoms with Crippen molar-refractivity contribution in [3.63, 3.8) is 0 Å². The summed E-state index contributed by atoms with van der Waals surface area (Å²) in [6.07, 6.45) is 0. The molecule has 0 saturated carbocycles. The molecule has 3 N–H and O–H groups in total. The fraction of sp³-hybridized carbons (Fsp3) is 0.600. The van der Waals surface area contributed by atoms with Gasteiger partial charge in [-0.05, 0) is 0 Å². The van der Waals surface area contributed by atoms with E-state index in [1.54, 1.807) is 0 Å². The van der Waals surface area contributed by atoms with Gasteiger partial charge in [-0.3, -0.25) is 0 Å². The minimum atomic E-state index is -5.42. The molecule has 0 aliphatic rings. The van der Waals surface area contributed by atoms with Crippen LogP contribution in [0.25, 0.3) is 0 Å². The number of carboxylic acids is 2. The van der Waals surface area contributed by atoms with E-state index in [9.17, 15) is 16.6 Å². The van der Waals surface area contributed by atoms with E-state index in [0.717, 1.165) is 7.11 Å². The van der Waals surface area contributed by atoms with Gasteiger partial charge in [-0.2, -0.15) is 0 Å². The smallest absolute Gasteiger partial charge is 0.722 e. The van der Waals surface area contributed by atoms with Gasteiger partial charge in [0.15, 0.2) is 13.3 Å². The minimum Gasteiger partial charge on any atom is -0.722 e. The van der Waals surface area contributed by atoms with E-state index in [1.165, 1.54) is 0 Å². The number of alkyl halides is 2. The molecule has 0 spiro atoms. The first-order chi connectivity index (χ1) is 9.54. The van der Waals surface area contributed by atoms with Crippen molar-refractivity contribution >= 4 is 32.9 Å². The zero-order valence-electron chi connectivity index (χ0n) is 13.4. The van der Waals surface area contributed by atoms with Gasteiger partial charge in [0.2, 0.25) is 0 Å². The van der Waals surface area contributed by atoms with Crippen LogP contribution in [0.1, 0.15) is 0 Å². The van der Waals surface area contributed by atoms with Crippen LogP contribution in [-0.4, -0.2) is 73.7 Å². The fourth-order valence-electron chi connectivity index (χ4n) is 0. The molecule has 0 aromatic carbocycles. The third-order valence-corrected chi connectivity index (χ3v) is 0.229. The summed E-state index contributed by atoms with van der Waals surface area (Å²) >= 11 is 0. The monoisotopic (exact) mass is 455 g/mol. The zero-order valence-corrected chi connectivity index (χ0v) is 21.0. The van der Waals surface area contributed by atoms with Crippen LogP contribution in [0.4, 0.5) is 16.6 Å². The van der Waals surface area contributed by atoms with Gasteiger partial charge in [0.05, 0.1) is 0 Å². The van der Waals surface area contributed by atoms with Gasteiger partial charge in [0, 0.05) is 7.11 Å². The molecule has 0 fully saturated rings. The molecule has 11 nitrogen and oxygen atoms in total. The first kappa shape index (κ1) is 50.3. The molecule has 0 aliphatic carbocycles. The van der Waals surface area contributed by atoms with Gasteiger partial charge in [-0.15, -0.1) is 7.77 Å². The molecule has 138 valence electrons. The number of halogens is 4. The minimum absolute atomic E-state index is 0. The van der Waals surface area contributed by atoms with Gasteiger partial charge in [-0.25, -0.2) is 35.2 Å². The van der Waals surface area contributed by atoms with Crippen LogP contribution in [0.5, 0.6) is 0 Å². The van der Waals surface area contributed by atoms with Gasteiger partial charge >= 0.3 is 101 Å². The molecule has 0 heterocycles. The summed E-state index contributed by atoms with van der Waals surface area (Å²) in [6.45, 7) is -2.56. The van der Waals surface area contributed by atoms with Gasteiger partial charge < -0.3 is 24.4 Å². The molecule has 0 rings (SSSR count). The van der Waals surface area contributed by atoms with Crippen LogP contribution < -0.4 is 88.7 Å². The van der Waals surface area contributed by atoms with Crippen LogP contribution in [0.2, 0.25) is 0 Å². The van der Waals surface area contributed by atoms with E-state index in [1.807, 2.05) is 0 Å². The van der Waals surface area contributed by atoms with Crippen molar-refractivity contribution in [3.8, 4) is 0 Å². The average Bonchev–Trinajstić information content (AvgIpc) is 2.28. The van der Waals surface area contributed by atoms with Crippen molar-refractivity contribution in [2.75, 3.05) is 20.5 Å². The van der Waals surface area contributed by atoms with Crippen molar-refractivity contribution in [2.45, 2.75) is 0 Å². The second-order valence-electron chi connectivity index (χ2n) is 1.84. The molecule has 20 heteroatoms. The quantitative estimate of drug-likeness (QED) is 0.154. The first-order valence-corrected chi connectivity index (χ1v) is 6.47. The molecule has 0 bridgehead atoms. The Kier molecular flexibility index (Phi) is 66.5. The molecule has 0 aromatic heterocycles. The summed E-state index contributed by atoms with van der Waals surface area (Å²) in [7, 11) is -9.83. The summed E-state index contributed by atoms with van der Waals surface area (Å²) < 4.78 is 91.7. The summed E-state index contributed by atoms with van der Waals surface area (Å²) in [5.74, 6) is -2.82. The SMILES string of the molecule is CO.O=C(O)CF.O=C(O)CF.O=S(=O)([O-])F.O=S(=O)([O-])F.[Na+].[Na+].[Na+]. The maximum atomic E-state index is 10.5. The Bertz CT molecular complexity index is 412. The molecular formula is C5H10F4Na3O11S2+. The van der Waals surface area contributed by atoms with E-state index in [4.69, 9.17) is 50.8 Å². The summed E-state index contributed by atoms with van der Waals surface area (Å²) in [4.78, 5) is 18.0. The van der Waals surface area contributed by atoms with E-state index in [0.29, 0.717) is 0 Å². The Hall–Kier alpha value is 1.44. The first-order valence-electron chi connectivity index (χ1n) is 3.85. The van der Waals surface area contributed by atoms with E-state index in [-0.39, 0.29) is 88.7 Å². The van der Waals surface area contributed by atoms with Crippen molar-refractivity contribution in [2.24, 2.45) is 0 Å². The van der Waals surface area contributed by atoms with Gasteiger partial charge in [0.25, 0.3) is 21.0 Å². The Morgan fingerprint density at radius 2 is 0.800 bits per heavy atom. The molecule has 0 atom stereocenters. The molecular weight excluding hydrogens is 445 g/mol. The Morgan fingerprint density at radius 3 is 0.800 bits per heavy atom. The Labute approximate surface area is 207 Å². The normalized spacial score (nSPS) is 7.84. The number of carbonyl (C=O) groups is 2. The number of rotatable bonds is 2. The maximum Gasteiger partial charge on any atom is 1.00 e. The standard InChI is InChI=1S/2C2H3FO2.CH4O.2FHO3S.3Na/c2*3-1-2(4)5;1-2;2*1-5(2,3)4;;;/h2*1H2,(H,4,5);2H,1H3;2*(H,2,3,4);;;/q;;;;;3*+1/p-2. The molecule has 0 radical (unpaired) electrons. The van der Waals surface area contributed by atoms with Crippen molar-refractivity contribution in [1.82, 2.24) is 0 Å². The summed E-state index contributed by atoms with van der Waals surface area (Å²) in [5, 5.41) is 21.7. The number of aliphatic carboxylic acids is 2. The summed E-state index contributed by atoms with van der Waals surface area (Å²) in [6, 6.07) is 0. The summed E-state index contributed by atoms with van der Waals surface area (Å²) in [5.41, 5.74) is 0. The van der Waals surface area contributed by atoms with Crippen LogP contribution >= 0.6 is 0 Å². The molecule has 25 heavy (non-hydrogen) atoms. The largest absolute Gasteiger partial charge is 1.00 e. The second kappa shape index (κ2) is 33.1. The third-order valence-electron chi connectivity index (χ3n) is 0.229. The third kappa shape index (κ3) is 472. The Morgan fingerprint density at radius 1 is 0.760 bits per heavy atom. The molecule has 0 saturated heterocycles. The second-order valence-corrected chi connectivity index (χ2v) is 3.41. The van der Waals surface area contributed by atoms with Gasteiger partial charge in [-0.1, -0.05) is 0 Å². The molecule has 0 aromatic rings. The van der Waals surface area contributed by atoms with E-state index in [2.05, 4.69) is 0 Å². The van der Waals surface area contributed by atoms with Crippen molar-refractivity contribution in [3.05, 3.63) is 0 Å². The van der Waals surface area contributed by atoms with Crippen LogP contribution in [0, 0.1) is 0 Å². The van der Waals surface area contributed by atoms with Gasteiger partial charge in [0.1, 0.15) is 0 Å². The average molecular weight is 455 g/mol. The molecule has 0 aliphatic heterocycles. The number of hydrogen-bond acceptors (Lipinski definition) is 9. The maximum absolute atomic E-state index is 10.5. The number of aliphatic hydroxyl groups excluding tert-OH is 1. The number of carboxylic acid groups (broad SMARTS) is 2. The predicted molar refractivity (Wildman–Crippen MR) is 57.0 cm³/mol. The van der Waals surface area contributed by atoms with Crippen LogP contribution in [0.3, 0.4) is 0 Å². The molecule has 0 unspecified atom stereocenters. The van der Waals surface area contributed by atoms with E-state index >= 15 is 0 Å². The predicted octanol–water partition coefficient (Wildman–Crippen LogP) is -10.5. The van der Waals surface area contributed by atoms with E-state index < -0.39 is 46.3 Å². The Balaban J connectivity index is -0.0000000239. The molecule has 0 amide bonds. The van der Waals surface area contributed by atoms with Crippen LogP contribution in [-0.2, 0) is 30.6 Å². The zero-order chi connectivity index (χ0) is 19.6. The fourth-order valence-corrected chi connectivity index (χ4v) is 0. The topological polar surface area (TPSA) is 209 Å². The van der Waals surface area contributed by atoms with Crippen molar-refractivity contribution in [1.29, 1.82) is 0 Å².